The molecule has 2 N–H and O–H groups in total. The van der Waals surface area contributed by atoms with E-state index in [1.165, 1.54) is 6.26 Å². The molecule has 0 aliphatic heterocycles. The zero-order chi connectivity index (χ0) is 11.4. The lowest BCUT2D eigenvalue weighted by Crippen LogP contribution is -2.25. The number of carbonyl (C=O) groups is 1. The minimum Gasteiger partial charge on any atom is -0.469 e. The van der Waals surface area contributed by atoms with Crippen LogP contribution in [0.2, 0.25) is 0 Å². The summed E-state index contributed by atoms with van der Waals surface area (Å²) in [6, 6.07) is 1.71. The van der Waals surface area contributed by atoms with Crippen molar-refractivity contribution >= 4 is 5.91 Å². The molecule has 16 heavy (non-hydrogen) atoms. The van der Waals surface area contributed by atoms with E-state index in [2.05, 4.69) is 15.3 Å². The van der Waals surface area contributed by atoms with Crippen molar-refractivity contribution in [1.29, 1.82) is 0 Å². The molecule has 0 aromatic carbocycles. The Kier molecular flexibility index (Phi) is 3.05. The molecule has 2 rings (SSSR count). The average Bonchev–Trinajstić information content (AvgIpc) is 2.89. The fraction of sp³-hybridized carbons (Fsp3) is 0.273. The van der Waals surface area contributed by atoms with Crippen molar-refractivity contribution in [3.63, 3.8) is 0 Å². The molecule has 2 heterocycles. The van der Waals surface area contributed by atoms with Gasteiger partial charge in [-0.1, -0.05) is 0 Å². The SMILES string of the molecule is Cc1cc(C(=O)NCCc2cnc[nH]2)co1. The Morgan fingerprint density at radius 2 is 2.50 bits per heavy atom. The number of aryl methyl sites for hydroxylation is 1. The maximum atomic E-state index is 11.6. The monoisotopic (exact) mass is 219 g/mol. The number of rotatable bonds is 4. The van der Waals surface area contributed by atoms with Gasteiger partial charge in [0.25, 0.3) is 5.91 Å². The first-order valence-corrected chi connectivity index (χ1v) is 5.06. The van der Waals surface area contributed by atoms with Crippen LogP contribution in [-0.4, -0.2) is 22.4 Å². The largest absolute Gasteiger partial charge is 0.469 e. The predicted molar refractivity (Wildman–Crippen MR) is 58.1 cm³/mol. The highest BCUT2D eigenvalue weighted by Gasteiger charge is 2.07. The van der Waals surface area contributed by atoms with E-state index in [4.69, 9.17) is 4.42 Å². The van der Waals surface area contributed by atoms with E-state index < -0.39 is 0 Å². The molecule has 2 aromatic rings. The number of aromatic nitrogens is 2. The van der Waals surface area contributed by atoms with Gasteiger partial charge in [-0.05, 0) is 13.0 Å². The summed E-state index contributed by atoms with van der Waals surface area (Å²) in [6.07, 6.45) is 5.56. The van der Waals surface area contributed by atoms with Gasteiger partial charge in [0.2, 0.25) is 0 Å². The molecule has 5 nitrogen and oxygen atoms in total. The molecule has 1 amide bonds. The summed E-state index contributed by atoms with van der Waals surface area (Å²) in [5.74, 6) is 0.620. The highest BCUT2D eigenvalue weighted by molar-refractivity contribution is 5.93. The van der Waals surface area contributed by atoms with Gasteiger partial charge < -0.3 is 14.7 Å². The molecular formula is C11H13N3O2. The number of nitrogens with one attached hydrogen (secondary N) is 2. The predicted octanol–water partition coefficient (Wildman–Crippen LogP) is 1.28. The Morgan fingerprint density at radius 1 is 1.62 bits per heavy atom. The van der Waals surface area contributed by atoms with Gasteiger partial charge in [0.1, 0.15) is 12.0 Å². The van der Waals surface area contributed by atoms with Crippen LogP contribution in [0.25, 0.3) is 0 Å². The number of amides is 1. The highest BCUT2D eigenvalue weighted by atomic mass is 16.3. The molecule has 0 bridgehead atoms. The molecular weight excluding hydrogens is 206 g/mol. The summed E-state index contributed by atoms with van der Waals surface area (Å²) >= 11 is 0. The topological polar surface area (TPSA) is 70.9 Å². The summed E-state index contributed by atoms with van der Waals surface area (Å²) < 4.78 is 5.06. The van der Waals surface area contributed by atoms with Crippen LogP contribution < -0.4 is 5.32 Å². The molecule has 84 valence electrons. The molecule has 0 saturated carbocycles. The molecule has 2 aromatic heterocycles. The van der Waals surface area contributed by atoms with Crippen LogP contribution in [0.5, 0.6) is 0 Å². The van der Waals surface area contributed by atoms with Gasteiger partial charge in [0, 0.05) is 24.9 Å². The third-order valence-corrected chi connectivity index (χ3v) is 2.23. The van der Waals surface area contributed by atoms with Crippen LogP contribution in [0, 0.1) is 6.92 Å². The second kappa shape index (κ2) is 4.65. The lowest BCUT2D eigenvalue weighted by molar-refractivity contribution is 0.0953. The van der Waals surface area contributed by atoms with Crippen LogP contribution in [0.3, 0.4) is 0 Å². The standard InChI is InChI=1S/C11H13N3O2/c1-8-4-9(6-16-8)11(15)13-3-2-10-5-12-7-14-10/h4-7H,2-3H2,1H3,(H,12,14)(H,13,15). The second-order valence-corrected chi connectivity index (χ2v) is 3.53. The van der Waals surface area contributed by atoms with Crippen molar-refractivity contribution in [3.05, 3.63) is 41.9 Å². The van der Waals surface area contributed by atoms with Crippen molar-refractivity contribution in [3.8, 4) is 0 Å². The Bertz CT molecular complexity index is 459. The Balaban J connectivity index is 1.80. The minimum absolute atomic E-state index is 0.114. The first-order valence-electron chi connectivity index (χ1n) is 5.06. The first-order chi connectivity index (χ1) is 7.75. The van der Waals surface area contributed by atoms with E-state index in [9.17, 15) is 4.79 Å². The van der Waals surface area contributed by atoms with Crippen LogP contribution in [0.4, 0.5) is 0 Å². The van der Waals surface area contributed by atoms with Gasteiger partial charge in [-0.3, -0.25) is 4.79 Å². The Labute approximate surface area is 92.9 Å². The van der Waals surface area contributed by atoms with Crippen molar-refractivity contribution in [2.75, 3.05) is 6.54 Å². The number of hydrogen-bond donors (Lipinski definition) is 2. The lowest BCUT2D eigenvalue weighted by Gasteiger charge is -2.01. The number of carbonyl (C=O) groups excluding carboxylic acids is 1. The van der Waals surface area contributed by atoms with Crippen LogP contribution in [0.15, 0.2) is 29.3 Å². The van der Waals surface area contributed by atoms with E-state index in [-0.39, 0.29) is 5.91 Å². The van der Waals surface area contributed by atoms with Crippen molar-refractivity contribution in [2.24, 2.45) is 0 Å². The van der Waals surface area contributed by atoms with Gasteiger partial charge in [-0.25, -0.2) is 4.98 Å². The third kappa shape index (κ3) is 2.50. The van der Waals surface area contributed by atoms with Crippen LogP contribution in [-0.2, 0) is 6.42 Å². The molecule has 0 saturated heterocycles. The zero-order valence-electron chi connectivity index (χ0n) is 8.99. The zero-order valence-corrected chi connectivity index (χ0v) is 8.99. The lowest BCUT2D eigenvalue weighted by atomic mass is 10.3. The quantitative estimate of drug-likeness (QED) is 0.813. The summed E-state index contributed by atoms with van der Waals surface area (Å²) in [4.78, 5) is 18.5. The van der Waals surface area contributed by atoms with Crippen molar-refractivity contribution in [2.45, 2.75) is 13.3 Å². The van der Waals surface area contributed by atoms with Crippen LogP contribution >= 0.6 is 0 Å². The molecule has 0 fully saturated rings. The molecule has 0 unspecified atom stereocenters. The Hall–Kier alpha value is -2.04. The molecule has 0 aliphatic rings. The smallest absolute Gasteiger partial charge is 0.254 e. The molecule has 5 heteroatoms. The van der Waals surface area contributed by atoms with Crippen molar-refractivity contribution in [1.82, 2.24) is 15.3 Å². The third-order valence-electron chi connectivity index (χ3n) is 2.23. The Morgan fingerprint density at radius 3 is 3.12 bits per heavy atom. The fourth-order valence-electron chi connectivity index (χ4n) is 1.40. The first kappa shape index (κ1) is 10.5. The number of aromatic amines is 1. The summed E-state index contributed by atoms with van der Waals surface area (Å²) in [7, 11) is 0. The minimum atomic E-state index is -0.114. The number of hydrogen-bond acceptors (Lipinski definition) is 3. The number of H-pyrrole nitrogens is 1. The van der Waals surface area contributed by atoms with E-state index in [0.717, 1.165) is 17.9 Å². The number of imidazole rings is 1. The van der Waals surface area contributed by atoms with E-state index in [0.29, 0.717) is 12.1 Å². The summed E-state index contributed by atoms with van der Waals surface area (Å²) in [5.41, 5.74) is 1.56. The number of furan rings is 1. The van der Waals surface area contributed by atoms with E-state index in [1.807, 2.05) is 0 Å². The maximum Gasteiger partial charge on any atom is 0.254 e. The molecule has 0 spiro atoms. The van der Waals surface area contributed by atoms with Gasteiger partial charge in [-0.2, -0.15) is 0 Å². The maximum absolute atomic E-state index is 11.6. The fourth-order valence-corrected chi connectivity index (χ4v) is 1.40. The summed E-state index contributed by atoms with van der Waals surface area (Å²) in [6.45, 7) is 2.38. The van der Waals surface area contributed by atoms with Gasteiger partial charge in [-0.15, -0.1) is 0 Å². The van der Waals surface area contributed by atoms with Gasteiger partial charge in [0.15, 0.2) is 0 Å². The normalized spacial score (nSPS) is 10.3. The average molecular weight is 219 g/mol. The van der Waals surface area contributed by atoms with Crippen molar-refractivity contribution < 1.29 is 9.21 Å². The van der Waals surface area contributed by atoms with Gasteiger partial charge in [0.05, 0.1) is 11.9 Å². The van der Waals surface area contributed by atoms with Crippen LogP contribution in [0.1, 0.15) is 21.8 Å². The van der Waals surface area contributed by atoms with Gasteiger partial charge >= 0.3 is 0 Å². The molecule has 0 radical (unpaired) electrons. The highest BCUT2D eigenvalue weighted by Crippen LogP contribution is 2.05. The number of nitrogens with zero attached hydrogens (tertiary/aromatic N) is 1. The van der Waals surface area contributed by atoms with E-state index in [1.54, 1.807) is 25.5 Å². The summed E-state index contributed by atoms with van der Waals surface area (Å²) in [5, 5.41) is 2.80. The second-order valence-electron chi connectivity index (χ2n) is 3.53. The molecule has 0 aliphatic carbocycles. The van der Waals surface area contributed by atoms with E-state index >= 15 is 0 Å². The molecule has 0 atom stereocenters.